The fraction of sp³-hybridized carbons (Fsp3) is 0.310. The van der Waals surface area contributed by atoms with E-state index >= 15 is 0 Å². The summed E-state index contributed by atoms with van der Waals surface area (Å²) >= 11 is 19.7. The Morgan fingerprint density at radius 2 is 1.66 bits per heavy atom. The number of hydrogen-bond donors (Lipinski definition) is 2. The molecule has 2 N–H and O–H groups in total. The summed E-state index contributed by atoms with van der Waals surface area (Å²) in [6.07, 6.45) is 4.14. The maximum Gasteiger partial charge on any atom is 0.317 e. The van der Waals surface area contributed by atoms with E-state index in [1.54, 1.807) is 29.2 Å². The zero-order chi connectivity index (χ0) is 27.0. The van der Waals surface area contributed by atoms with Gasteiger partial charge in [0.15, 0.2) is 0 Å². The van der Waals surface area contributed by atoms with Crippen molar-refractivity contribution in [2.45, 2.75) is 50.5 Å². The third-order valence-electron chi connectivity index (χ3n) is 7.45. The van der Waals surface area contributed by atoms with Crippen LogP contribution < -0.4 is 10.2 Å². The fourth-order valence-corrected chi connectivity index (χ4v) is 6.45. The highest BCUT2D eigenvalue weighted by atomic mass is 35.5. The van der Waals surface area contributed by atoms with Gasteiger partial charge in [-0.25, -0.2) is 4.39 Å². The summed E-state index contributed by atoms with van der Waals surface area (Å²) in [7, 11) is 0. The number of carboxylic acid groups (broad SMARTS) is 1. The smallest absolute Gasteiger partial charge is 0.317 e. The Balaban J connectivity index is 1.62. The van der Waals surface area contributed by atoms with E-state index < -0.39 is 11.8 Å². The van der Waals surface area contributed by atoms with Crippen molar-refractivity contribution >= 4 is 58.1 Å². The number of carboxylic acids is 1. The summed E-state index contributed by atoms with van der Waals surface area (Å²) in [5.74, 6) is -1.20. The second kappa shape index (κ2) is 11.2. The van der Waals surface area contributed by atoms with Crippen LogP contribution in [-0.2, 0) is 16.0 Å². The number of fused-ring (bicyclic) bond motifs is 1. The molecule has 1 saturated carbocycles. The monoisotopic (exact) mass is 574 g/mol. The first kappa shape index (κ1) is 26.9. The normalized spacial score (nSPS) is 19.4. The molecule has 38 heavy (non-hydrogen) atoms. The number of anilines is 2. The molecule has 0 spiro atoms. The molecule has 0 radical (unpaired) electrons. The topological polar surface area (TPSA) is 69.6 Å². The first-order valence-electron chi connectivity index (χ1n) is 12.6. The van der Waals surface area contributed by atoms with Crippen LogP contribution >= 0.6 is 34.8 Å². The molecule has 5 nitrogen and oxygen atoms in total. The number of carbonyl (C=O) groups excluding carboxylic acids is 1. The Morgan fingerprint density at radius 1 is 0.947 bits per heavy atom. The Kier molecular flexibility index (Phi) is 7.96. The molecule has 0 aromatic heterocycles. The van der Waals surface area contributed by atoms with Gasteiger partial charge >= 0.3 is 5.97 Å². The highest BCUT2D eigenvalue weighted by molar-refractivity contribution is 6.40. The summed E-state index contributed by atoms with van der Waals surface area (Å²) in [6, 6.07) is 13.8. The zero-order valence-corrected chi connectivity index (χ0v) is 22.7. The van der Waals surface area contributed by atoms with E-state index in [9.17, 15) is 14.0 Å². The van der Waals surface area contributed by atoms with Gasteiger partial charge in [0.2, 0.25) is 5.91 Å². The van der Waals surface area contributed by atoms with Gasteiger partial charge in [-0.3, -0.25) is 14.5 Å². The Morgan fingerprint density at radius 3 is 2.32 bits per heavy atom. The highest BCUT2D eigenvalue weighted by Gasteiger charge is 2.33. The van der Waals surface area contributed by atoms with Gasteiger partial charge in [-0.15, -0.1) is 0 Å². The summed E-state index contributed by atoms with van der Waals surface area (Å²) in [5, 5.41) is 13.1. The van der Waals surface area contributed by atoms with E-state index in [0.29, 0.717) is 38.4 Å². The molecule has 1 aliphatic carbocycles. The van der Waals surface area contributed by atoms with Crippen LogP contribution in [0.3, 0.4) is 0 Å². The second-order valence-corrected chi connectivity index (χ2v) is 11.0. The van der Waals surface area contributed by atoms with Crippen molar-refractivity contribution < 1.29 is 19.1 Å². The molecule has 1 fully saturated rings. The fourth-order valence-electron chi connectivity index (χ4n) is 5.61. The lowest BCUT2D eigenvalue weighted by Gasteiger charge is -2.35. The summed E-state index contributed by atoms with van der Waals surface area (Å²) in [4.78, 5) is 25.9. The predicted molar refractivity (Wildman–Crippen MR) is 149 cm³/mol. The van der Waals surface area contributed by atoms with Gasteiger partial charge in [0, 0.05) is 18.0 Å². The molecule has 198 valence electrons. The maximum atomic E-state index is 13.9. The number of amides is 1. The Bertz CT molecular complexity index is 1390. The van der Waals surface area contributed by atoms with Crippen molar-refractivity contribution in [2.75, 3.05) is 11.4 Å². The average molecular weight is 576 g/mol. The van der Waals surface area contributed by atoms with Crippen molar-refractivity contribution in [1.29, 1.82) is 0 Å². The minimum atomic E-state index is -0.870. The second-order valence-electron chi connectivity index (χ2n) is 9.81. The lowest BCUT2D eigenvalue weighted by molar-refractivity contribution is -0.136. The van der Waals surface area contributed by atoms with E-state index in [-0.39, 0.29) is 30.8 Å². The van der Waals surface area contributed by atoms with Crippen molar-refractivity contribution in [3.05, 3.63) is 80.5 Å². The number of hydrogen-bond acceptors (Lipinski definition) is 3. The van der Waals surface area contributed by atoms with Gasteiger partial charge in [-0.2, -0.15) is 0 Å². The van der Waals surface area contributed by atoms with Gasteiger partial charge in [-0.05, 0) is 91.1 Å². The lowest BCUT2D eigenvalue weighted by atomic mass is 9.79. The number of benzene rings is 3. The number of halogens is 4. The van der Waals surface area contributed by atoms with Crippen LogP contribution in [0, 0.1) is 5.82 Å². The number of rotatable bonds is 6. The number of carbonyl (C=O) groups is 2. The van der Waals surface area contributed by atoms with Crippen molar-refractivity contribution in [1.82, 2.24) is 5.32 Å². The lowest BCUT2D eigenvalue weighted by Crippen LogP contribution is -2.36. The van der Waals surface area contributed by atoms with Crippen LogP contribution in [-0.4, -0.2) is 29.6 Å². The molecule has 0 saturated heterocycles. The van der Waals surface area contributed by atoms with Crippen LogP contribution in [0.25, 0.3) is 11.1 Å². The highest BCUT2D eigenvalue weighted by Crippen LogP contribution is 2.48. The van der Waals surface area contributed by atoms with Crippen molar-refractivity contribution in [3.63, 3.8) is 0 Å². The standard InChI is InChI=1S/C29H26Cl3FN2O3/c30-23-2-1-3-24(31)29(23)35-26-13-17(16-4-7-19(8-5-16)34-15-28(37)38)12-22(21(26)10-11-27(35)36)20-9-6-18(33)14-25(20)32/h1-3,6,9,12-14,16,19,34H,4-5,7-8,10-11,15H2,(H,37,38). The van der Waals surface area contributed by atoms with Gasteiger partial charge in [0.05, 0.1) is 33.0 Å². The molecule has 9 heteroatoms. The molecular weight excluding hydrogens is 550 g/mol. The third-order valence-corrected chi connectivity index (χ3v) is 8.37. The molecule has 0 unspecified atom stereocenters. The van der Waals surface area contributed by atoms with Gasteiger partial charge in [0.1, 0.15) is 5.82 Å². The molecule has 3 aromatic rings. The van der Waals surface area contributed by atoms with E-state index in [4.69, 9.17) is 39.9 Å². The van der Waals surface area contributed by atoms with Gasteiger partial charge in [0.25, 0.3) is 0 Å². The summed E-state index contributed by atoms with van der Waals surface area (Å²) in [6.45, 7) is -0.0585. The SMILES string of the molecule is O=C(O)CNC1CCC(c2cc(-c3ccc(F)cc3Cl)c3c(c2)N(c2c(Cl)cccc2Cl)C(=O)CC3)CC1. The van der Waals surface area contributed by atoms with Gasteiger partial charge in [-0.1, -0.05) is 46.9 Å². The minimum absolute atomic E-state index is 0.0585. The number of nitrogens with zero attached hydrogens (tertiary/aromatic N) is 1. The molecule has 0 atom stereocenters. The van der Waals surface area contributed by atoms with Crippen LogP contribution in [0.2, 0.25) is 15.1 Å². The molecular formula is C29H26Cl3FN2O3. The van der Waals surface area contributed by atoms with Crippen molar-refractivity contribution in [2.24, 2.45) is 0 Å². The number of aliphatic carboxylic acids is 1. The summed E-state index contributed by atoms with van der Waals surface area (Å²) < 4.78 is 13.9. The molecule has 2 aliphatic rings. The maximum absolute atomic E-state index is 13.9. The summed E-state index contributed by atoms with van der Waals surface area (Å²) in [5.41, 5.74) is 4.66. The predicted octanol–water partition coefficient (Wildman–Crippen LogP) is 7.76. The minimum Gasteiger partial charge on any atom is -0.480 e. The van der Waals surface area contributed by atoms with Gasteiger partial charge < -0.3 is 10.4 Å². The quantitative estimate of drug-likeness (QED) is 0.315. The molecule has 3 aromatic carbocycles. The molecule has 1 aliphatic heterocycles. The first-order chi connectivity index (χ1) is 18.2. The molecule has 1 amide bonds. The van der Waals surface area contributed by atoms with Crippen LogP contribution in [0.4, 0.5) is 15.8 Å². The molecule has 1 heterocycles. The van der Waals surface area contributed by atoms with E-state index in [1.165, 1.54) is 12.1 Å². The average Bonchev–Trinajstić information content (AvgIpc) is 2.88. The molecule has 0 bridgehead atoms. The van der Waals surface area contributed by atoms with Crippen LogP contribution in [0.1, 0.15) is 49.1 Å². The Hall–Kier alpha value is -2.64. The van der Waals surface area contributed by atoms with Crippen LogP contribution in [0.15, 0.2) is 48.5 Å². The van der Waals surface area contributed by atoms with E-state index in [1.807, 2.05) is 6.07 Å². The van der Waals surface area contributed by atoms with Crippen molar-refractivity contribution in [3.8, 4) is 11.1 Å². The Labute approximate surface area is 235 Å². The number of nitrogens with one attached hydrogen (secondary N) is 1. The zero-order valence-electron chi connectivity index (χ0n) is 20.4. The number of para-hydroxylation sites is 1. The first-order valence-corrected chi connectivity index (χ1v) is 13.7. The largest absolute Gasteiger partial charge is 0.480 e. The van der Waals surface area contributed by atoms with E-state index in [0.717, 1.165) is 42.4 Å². The van der Waals surface area contributed by atoms with E-state index in [2.05, 4.69) is 11.4 Å². The third kappa shape index (κ3) is 5.41. The molecule has 5 rings (SSSR count). The van der Waals surface area contributed by atoms with Crippen LogP contribution in [0.5, 0.6) is 0 Å².